The van der Waals surface area contributed by atoms with Gasteiger partial charge in [-0.25, -0.2) is 0 Å². The molecule has 0 aliphatic rings. The van der Waals surface area contributed by atoms with E-state index in [-0.39, 0.29) is 18.4 Å². The summed E-state index contributed by atoms with van der Waals surface area (Å²) in [7, 11) is 1.66. The van der Waals surface area contributed by atoms with Gasteiger partial charge >= 0.3 is 0 Å². The van der Waals surface area contributed by atoms with E-state index in [0.29, 0.717) is 4.88 Å². The van der Waals surface area contributed by atoms with Crippen LogP contribution in [0.2, 0.25) is 0 Å². The van der Waals surface area contributed by atoms with Crippen molar-refractivity contribution in [2.24, 2.45) is 0 Å². The van der Waals surface area contributed by atoms with Crippen LogP contribution in [0.5, 0.6) is 0 Å². The molecule has 128 valence electrons. The molecule has 2 rings (SSSR count). The van der Waals surface area contributed by atoms with Crippen molar-refractivity contribution < 1.29 is 9.59 Å². The third kappa shape index (κ3) is 4.03. The highest BCUT2D eigenvalue weighted by atomic mass is 32.1. The summed E-state index contributed by atoms with van der Waals surface area (Å²) in [6.45, 7) is 8.04. The largest absolute Gasteiger partial charge is 0.332 e. The topological polar surface area (TPSA) is 49.4 Å². The number of thiophene rings is 1. The maximum Gasteiger partial charge on any atom is 0.264 e. The minimum absolute atomic E-state index is 0.0328. The molecule has 0 aliphatic heterocycles. The monoisotopic (exact) mass is 344 g/mol. The van der Waals surface area contributed by atoms with Gasteiger partial charge < -0.3 is 10.2 Å². The number of rotatable bonds is 5. The smallest absolute Gasteiger partial charge is 0.264 e. The van der Waals surface area contributed by atoms with Gasteiger partial charge in [0.05, 0.1) is 11.4 Å². The van der Waals surface area contributed by atoms with Crippen molar-refractivity contribution in [1.29, 1.82) is 0 Å². The van der Waals surface area contributed by atoms with Crippen molar-refractivity contribution in [2.75, 3.05) is 18.9 Å². The van der Waals surface area contributed by atoms with Crippen LogP contribution >= 0.6 is 11.3 Å². The summed E-state index contributed by atoms with van der Waals surface area (Å²) in [5.41, 5.74) is 3.99. The average molecular weight is 344 g/mol. The molecule has 2 aromatic rings. The Bertz CT molecular complexity index is 744. The number of amides is 2. The van der Waals surface area contributed by atoms with Crippen molar-refractivity contribution >= 4 is 28.8 Å². The van der Waals surface area contributed by atoms with Gasteiger partial charge in [0, 0.05) is 17.6 Å². The summed E-state index contributed by atoms with van der Waals surface area (Å²) >= 11 is 1.51. The minimum Gasteiger partial charge on any atom is -0.332 e. The maximum absolute atomic E-state index is 12.5. The number of nitrogens with one attached hydrogen (secondary N) is 1. The predicted octanol–water partition coefficient (Wildman–Crippen LogP) is 3.95. The first-order valence-corrected chi connectivity index (χ1v) is 8.86. The quantitative estimate of drug-likeness (QED) is 0.893. The molecule has 1 aromatic heterocycles. The van der Waals surface area contributed by atoms with Crippen LogP contribution in [0.1, 0.15) is 38.2 Å². The van der Waals surface area contributed by atoms with E-state index in [1.807, 2.05) is 45.0 Å². The molecule has 0 atom stereocenters. The zero-order valence-corrected chi connectivity index (χ0v) is 15.7. The van der Waals surface area contributed by atoms with E-state index in [9.17, 15) is 9.59 Å². The summed E-state index contributed by atoms with van der Waals surface area (Å²) in [6, 6.07) is 7.78. The number of nitrogens with zero attached hydrogens (tertiary/aromatic N) is 1. The molecular weight excluding hydrogens is 320 g/mol. The van der Waals surface area contributed by atoms with Crippen LogP contribution in [0.25, 0.3) is 0 Å². The molecular formula is C19H24N2O2S. The van der Waals surface area contributed by atoms with Gasteiger partial charge in [0.2, 0.25) is 5.91 Å². The van der Waals surface area contributed by atoms with Crippen molar-refractivity contribution in [3.63, 3.8) is 0 Å². The highest BCUT2D eigenvalue weighted by molar-refractivity contribution is 7.14. The highest BCUT2D eigenvalue weighted by Crippen LogP contribution is 2.23. The zero-order chi connectivity index (χ0) is 17.9. The molecule has 0 saturated heterocycles. The number of carbonyl (C=O) groups is 2. The van der Waals surface area contributed by atoms with Gasteiger partial charge in [-0.2, -0.15) is 0 Å². The first kappa shape index (κ1) is 18.2. The molecule has 0 radical (unpaired) electrons. The molecule has 1 N–H and O–H groups in total. The lowest BCUT2D eigenvalue weighted by atomic mass is 10.1. The van der Waals surface area contributed by atoms with E-state index in [1.165, 1.54) is 21.1 Å². The third-order valence-corrected chi connectivity index (χ3v) is 5.39. The van der Waals surface area contributed by atoms with E-state index < -0.39 is 0 Å². The molecule has 1 aromatic carbocycles. The van der Waals surface area contributed by atoms with Crippen LogP contribution in [0.15, 0.2) is 24.3 Å². The predicted molar refractivity (Wildman–Crippen MR) is 99.9 cm³/mol. The normalized spacial score (nSPS) is 10.5. The van der Waals surface area contributed by atoms with Gasteiger partial charge in [-0.15, -0.1) is 11.3 Å². The summed E-state index contributed by atoms with van der Waals surface area (Å²) in [5, 5.41) is 2.91. The van der Waals surface area contributed by atoms with Gasteiger partial charge in [0.25, 0.3) is 5.91 Å². The first-order chi connectivity index (χ1) is 11.3. The highest BCUT2D eigenvalue weighted by Gasteiger charge is 2.18. The standard InChI is InChI=1S/C19H24N2O2S/c1-6-15-14(4)10-16(24-15)19(23)21(5)11-17(22)20-18-12(2)8-7-9-13(18)3/h7-10H,6,11H2,1-5H3,(H,20,22). The number of para-hydroxylation sites is 1. The Balaban J connectivity index is 2.04. The number of hydrogen-bond donors (Lipinski definition) is 1. The summed E-state index contributed by atoms with van der Waals surface area (Å²) in [4.78, 5) is 28.2. The third-order valence-electron chi connectivity index (χ3n) is 4.03. The minimum atomic E-state index is -0.188. The van der Waals surface area contributed by atoms with Gasteiger partial charge in [0.1, 0.15) is 0 Å². The van der Waals surface area contributed by atoms with Crippen LogP contribution in [0.3, 0.4) is 0 Å². The summed E-state index contributed by atoms with van der Waals surface area (Å²) in [5.74, 6) is -0.299. The number of carbonyl (C=O) groups excluding carboxylic acids is 2. The van der Waals surface area contributed by atoms with Crippen molar-refractivity contribution in [3.05, 3.63) is 50.7 Å². The lowest BCUT2D eigenvalue weighted by Crippen LogP contribution is -2.34. The Morgan fingerprint density at radius 2 is 1.75 bits per heavy atom. The number of hydrogen-bond acceptors (Lipinski definition) is 3. The van der Waals surface area contributed by atoms with E-state index >= 15 is 0 Å². The Morgan fingerprint density at radius 1 is 1.12 bits per heavy atom. The molecule has 0 bridgehead atoms. The van der Waals surface area contributed by atoms with Crippen molar-refractivity contribution in [3.8, 4) is 0 Å². The SMILES string of the molecule is CCc1sc(C(=O)N(C)CC(=O)Nc2c(C)cccc2C)cc1C. The van der Waals surface area contributed by atoms with Crippen LogP contribution in [-0.2, 0) is 11.2 Å². The van der Waals surface area contributed by atoms with Gasteiger partial charge in [-0.1, -0.05) is 25.1 Å². The molecule has 0 aliphatic carbocycles. The Hall–Kier alpha value is -2.14. The molecule has 0 fully saturated rings. The molecule has 1 heterocycles. The molecule has 4 nitrogen and oxygen atoms in total. The molecule has 2 amide bonds. The molecule has 5 heteroatoms. The van der Waals surface area contributed by atoms with E-state index in [2.05, 4.69) is 12.2 Å². The summed E-state index contributed by atoms with van der Waals surface area (Å²) < 4.78 is 0. The number of anilines is 1. The maximum atomic E-state index is 12.5. The van der Waals surface area contributed by atoms with Crippen LogP contribution < -0.4 is 5.32 Å². The lowest BCUT2D eigenvalue weighted by molar-refractivity contribution is -0.116. The molecule has 0 spiro atoms. The van der Waals surface area contributed by atoms with Crippen molar-refractivity contribution in [1.82, 2.24) is 4.90 Å². The van der Waals surface area contributed by atoms with E-state index in [1.54, 1.807) is 7.05 Å². The van der Waals surface area contributed by atoms with Gasteiger partial charge in [-0.3, -0.25) is 9.59 Å². The van der Waals surface area contributed by atoms with Crippen LogP contribution in [0.4, 0.5) is 5.69 Å². The molecule has 0 unspecified atom stereocenters. The fourth-order valence-electron chi connectivity index (χ4n) is 2.64. The fourth-order valence-corrected chi connectivity index (χ4v) is 3.75. The number of likely N-dealkylation sites (N-methyl/N-ethyl adjacent to an activating group) is 1. The van der Waals surface area contributed by atoms with E-state index in [0.717, 1.165) is 28.8 Å². The second-order valence-corrected chi connectivity index (χ2v) is 7.18. The number of benzene rings is 1. The summed E-state index contributed by atoms with van der Waals surface area (Å²) in [6.07, 6.45) is 0.917. The van der Waals surface area contributed by atoms with Crippen molar-refractivity contribution in [2.45, 2.75) is 34.1 Å². The van der Waals surface area contributed by atoms with Gasteiger partial charge in [0.15, 0.2) is 0 Å². The second-order valence-electron chi connectivity index (χ2n) is 6.05. The Morgan fingerprint density at radius 3 is 2.29 bits per heavy atom. The second kappa shape index (κ2) is 7.62. The van der Waals surface area contributed by atoms with Crippen LogP contribution in [-0.4, -0.2) is 30.3 Å². The zero-order valence-electron chi connectivity index (χ0n) is 14.9. The fraction of sp³-hybridized carbons (Fsp3) is 0.368. The van der Waals surface area contributed by atoms with Crippen LogP contribution in [0, 0.1) is 20.8 Å². The Labute approximate surface area is 147 Å². The Kier molecular flexibility index (Phi) is 5.78. The first-order valence-electron chi connectivity index (χ1n) is 8.04. The molecule has 24 heavy (non-hydrogen) atoms. The average Bonchev–Trinajstić information content (AvgIpc) is 2.91. The molecule has 0 saturated carbocycles. The lowest BCUT2D eigenvalue weighted by Gasteiger charge is -2.17. The number of aryl methyl sites for hydroxylation is 4. The van der Waals surface area contributed by atoms with E-state index in [4.69, 9.17) is 0 Å². The van der Waals surface area contributed by atoms with Gasteiger partial charge in [-0.05, 0) is 49.9 Å².